The van der Waals surface area contributed by atoms with Crippen LogP contribution in [-0.4, -0.2) is 0 Å². The van der Waals surface area contributed by atoms with Crippen LogP contribution in [0.3, 0.4) is 0 Å². The molecule has 6 heteroatoms. The molecule has 0 aromatic heterocycles. The summed E-state index contributed by atoms with van der Waals surface area (Å²) in [6.45, 7) is 0. The number of nitrogens with zero attached hydrogens (tertiary/aromatic N) is 1. The zero-order chi connectivity index (χ0) is 14.0. The van der Waals surface area contributed by atoms with Crippen LogP contribution in [0.1, 0.15) is 5.56 Å². The lowest BCUT2D eigenvalue weighted by Crippen LogP contribution is -1.95. The number of halogens is 3. The maximum atomic E-state index is 13.4. The lowest BCUT2D eigenvalue weighted by molar-refractivity contribution is 0.476. The molecule has 0 aliphatic heterocycles. The fourth-order valence-corrected chi connectivity index (χ4v) is 1.77. The van der Waals surface area contributed by atoms with Gasteiger partial charge in [0, 0.05) is 6.07 Å². The molecule has 0 fully saturated rings. The summed E-state index contributed by atoms with van der Waals surface area (Å²) in [5.74, 6) is -0.400. The third kappa shape index (κ3) is 2.73. The fraction of sp³-hybridized carbons (Fsp3) is 0. The SMILES string of the molecule is N#Cc1c(F)cccc1Oc1cc(Cl)c(Cl)cc1N. The summed E-state index contributed by atoms with van der Waals surface area (Å²) in [5, 5.41) is 9.43. The van der Waals surface area contributed by atoms with Gasteiger partial charge < -0.3 is 10.5 Å². The summed E-state index contributed by atoms with van der Waals surface area (Å²) >= 11 is 11.6. The van der Waals surface area contributed by atoms with E-state index >= 15 is 0 Å². The highest BCUT2D eigenvalue weighted by atomic mass is 35.5. The number of nitriles is 1. The van der Waals surface area contributed by atoms with E-state index in [1.54, 1.807) is 6.07 Å². The lowest BCUT2D eigenvalue weighted by atomic mass is 10.2. The smallest absolute Gasteiger partial charge is 0.151 e. The first kappa shape index (κ1) is 13.5. The number of hydrogen-bond acceptors (Lipinski definition) is 3. The number of nitrogens with two attached hydrogens (primary N) is 1. The maximum absolute atomic E-state index is 13.4. The molecular formula is C13H7Cl2FN2O. The Labute approximate surface area is 118 Å². The Morgan fingerprint density at radius 1 is 1.16 bits per heavy atom. The van der Waals surface area contributed by atoms with E-state index in [0.29, 0.717) is 0 Å². The molecule has 0 spiro atoms. The van der Waals surface area contributed by atoms with Crippen LogP contribution >= 0.6 is 23.2 Å². The molecule has 0 saturated carbocycles. The molecule has 0 saturated heterocycles. The van der Waals surface area contributed by atoms with Gasteiger partial charge in [-0.1, -0.05) is 29.3 Å². The van der Waals surface area contributed by atoms with Crippen molar-refractivity contribution in [2.45, 2.75) is 0 Å². The van der Waals surface area contributed by atoms with Crippen LogP contribution in [0.5, 0.6) is 11.5 Å². The Hall–Kier alpha value is -1.96. The van der Waals surface area contributed by atoms with Gasteiger partial charge in [0.15, 0.2) is 5.75 Å². The summed E-state index contributed by atoms with van der Waals surface area (Å²) in [7, 11) is 0. The Morgan fingerprint density at radius 2 is 1.84 bits per heavy atom. The molecule has 2 rings (SSSR count). The minimum Gasteiger partial charge on any atom is -0.454 e. The molecule has 19 heavy (non-hydrogen) atoms. The molecule has 3 nitrogen and oxygen atoms in total. The van der Waals surface area contributed by atoms with Gasteiger partial charge >= 0.3 is 0 Å². The highest BCUT2D eigenvalue weighted by Crippen LogP contribution is 2.36. The van der Waals surface area contributed by atoms with E-state index in [9.17, 15) is 4.39 Å². The molecule has 0 aliphatic carbocycles. The molecule has 2 aromatic rings. The number of benzene rings is 2. The summed E-state index contributed by atoms with van der Waals surface area (Å²) < 4.78 is 18.8. The zero-order valence-corrected chi connectivity index (χ0v) is 11.0. The van der Waals surface area contributed by atoms with E-state index in [4.69, 9.17) is 38.9 Å². The summed E-state index contributed by atoms with van der Waals surface area (Å²) in [6.07, 6.45) is 0. The van der Waals surface area contributed by atoms with Crippen LogP contribution in [0, 0.1) is 17.1 Å². The summed E-state index contributed by atoms with van der Waals surface area (Å²) in [6, 6.07) is 8.62. The van der Waals surface area contributed by atoms with Crippen LogP contribution in [-0.2, 0) is 0 Å². The third-order valence-corrected chi connectivity index (χ3v) is 3.08. The highest BCUT2D eigenvalue weighted by molar-refractivity contribution is 6.42. The predicted molar refractivity (Wildman–Crippen MR) is 72.1 cm³/mol. The summed E-state index contributed by atoms with van der Waals surface area (Å²) in [5.41, 5.74) is 5.76. The largest absolute Gasteiger partial charge is 0.454 e. The average molecular weight is 297 g/mol. The van der Waals surface area contributed by atoms with Gasteiger partial charge in [-0.15, -0.1) is 0 Å². The zero-order valence-electron chi connectivity index (χ0n) is 9.45. The van der Waals surface area contributed by atoms with Gasteiger partial charge in [-0.05, 0) is 18.2 Å². The minimum absolute atomic E-state index is 0.0626. The minimum atomic E-state index is -0.668. The Morgan fingerprint density at radius 3 is 2.53 bits per heavy atom. The van der Waals surface area contributed by atoms with E-state index in [1.165, 1.54) is 30.3 Å². The summed E-state index contributed by atoms with van der Waals surface area (Å²) in [4.78, 5) is 0. The molecule has 96 valence electrons. The van der Waals surface area contributed by atoms with E-state index in [1.807, 2.05) is 0 Å². The van der Waals surface area contributed by atoms with Gasteiger partial charge in [0.25, 0.3) is 0 Å². The van der Waals surface area contributed by atoms with E-state index in [0.717, 1.165) is 0 Å². The third-order valence-electron chi connectivity index (χ3n) is 2.36. The van der Waals surface area contributed by atoms with E-state index < -0.39 is 5.82 Å². The van der Waals surface area contributed by atoms with Crippen molar-refractivity contribution in [3.8, 4) is 17.6 Å². The molecule has 0 amide bonds. The van der Waals surface area contributed by atoms with Crippen molar-refractivity contribution in [2.75, 3.05) is 5.73 Å². The first-order chi connectivity index (χ1) is 9.02. The van der Waals surface area contributed by atoms with Crippen molar-refractivity contribution in [1.29, 1.82) is 5.26 Å². The topological polar surface area (TPSA) is 59.0 Å². The van der Waals surface area contributed by atoms with Crippen LogP contribution in [0.25, 0.3) is 0 Å². The Kier molecular flexibility index (Phi) is 3.79. The van der Waals surface area contributed by atoms with Crippen LogP contribution in [0.15, 0.2) is 30.3 Å². The van der Waals surface area contributed by atoms with Crippen molar-refractivity contribution in [3.05, 3.63) is 51.8 Å². The quantitative estimate of drug-likeness (QED) is 0.837. The highest BCUT2D eigenvalue weighted by Gasteiger charge is 2.12. The molecular weight excluding hydrogens is 290 g/mol. The van der Waals surface area contributed by atoms with Crippen LogP contribution in [0.2, 0.25) is 10.0 Å². The van der Waals surface area contributed by atoms with E-state index in [2.05, 4.69) is 0 Å². The van der Waals surface area contributed by atoms with Gasteiger partial charge in [0.05, 0.1) is 15.7 Å². The molecule has 0 bridgehead atoms. The molecule has 0 unspecified atom stereocenters. The van der Waals surface area contributed by atoms with Crippen molar-refractivity contribution >= 4 is 28.9 Å². The number of ether oxygens (including phenoxy) is 1. The number of hydrogen-bond donors (Lipinski definition) is 1. The standard InChI is InChI=1S/C13H7Cl2FN2O/c14-8-4-11(18)13(5-9(8)15)19-12-3-1-2-10(16)7(12)6-17/h1-5H,18H2. The average Bonchev–Trinajstić information content (AvgIpc) is 2.36. The van der Waals surface area contributed by atoms with E-state index in [-0.39, 0.29) is 32.8 Å². The molecule has 0 atom stereocenters. The number of nitrogen functional groups attached to an aromatic ring is 1. The predicted octanol–water partition coefficient (Wildman–Crippen LogP) is 4.38. The number of anilines is 1. The van der Waals surface area contributed by atoms with Crippen molar-refractivity contribution in [3.63, 3.8) is 0 Å². The first-order valence-corrected chi connectivity index (χ1v) is 5.89. The molecule has 0 heterocycles. The Balaban J connectivity index is 2.45. The Bertz CT molecular complexity index is 683. The maximum Gasteiger partial charge on any atom is 0.151 e. The fourth-order valence-electron chi connectivity index (χ4n) is 1.45. The van der Waals surface area contributed by atoms with Crippen LogP contribution < -0.4 is 10.5 Å². The van der Waals surface area contributed by atoms with Crippen LogP contribution in [0.4, 0.5) is 10.1 Å². The lowest BCUT2D eigenvalue weighted by Gasteiger charge is -2.11. The van der Waals surface area contributed by atoms with Gasteiger partial charge in [-0.3, -0.25) is 0 Å². The first-order valence-electron chi connectivity index (χ1n) is 5.14. The van der Waals surface area contributed by atoms with Crippen molar-refractivity contribution < 1.29 is 9.13 Å². The second-order valence-corrected chi connectivity index (χ2v) is 4.45. The van der Waals surface area contributed by atoms with Crippen molar-refractivity contribution in [2.24, 2.45) is 0 Å². The second-order valence-electron chi connectivity index (χ2n) is 3.63. The second kappa shape index (κ2) is 5.35. The molecule has 0 aliphatic rings. The normalized spacial score (nSPS) is 10.0. The van der Waals surface area contributed by atoms with Gasteiger partial charge in [-0.25, -0.2) is 4.39 Å². The van der Waals surface area contributed by atoms with Gasteiger partial charge in [0.1, 0.15) is 23.2 Å². The van der Waals surface area contributed by atoms with Gasteiger partial charge in [0.2, 0.25) is 0 Å². The van der Waals surface area contributed by atoms with Crippen molar-refractivity contribution in [1.82, 2.24) is 0 Å². The molecule has 0 radical (unpaired) electrons. The van der Waals surface area contributed by atoms with Gasteiger partial charge in [-0.2, -0.15) is 5.26 Å². The molecule has 2 N–H and O–H groups in total. The molecule has 2 aromatic carbocycles. The number of rotatable bonds is 2. The monoisotopic (exact) mass is 296 g/mol.